The summed E-state index contributed by atoms with van der Waals surface area (Å²) in [5, 5.41) is 17.2. The molecule has 0 bridgehead atoms. The molecule has 7 heteroatoms. The third kappa shape index (κ3) is 8.62. The Balaban J connectivity index is 3.65. The first kappa shape index (κ1) is 14.0. The van der Waals surface area contributed by atoms with E-state index in [1.165, 1.54) is 0 Å². The molecule has 0 spiro atoms. The lowest BCUT2D eigenvalue weighted by Gasteiger charge is -2.20. The fourth-order valence-corrected chi connectivity index (χ4v) is 1.27. The summed E-state index contributed by atoms with van der Waals surface area (Å²) in [4.78, 5) is 10.2. The number of aliphatic hydroxyl groups excluding tert-OH is 2. The first-order valence-corrected chi connectivity index (χ1v) is 5.77. The van der Waals surface area contributed by atoms with Crippen molar-refractivity contribution in [3.8, 4) is 0 Å². The Labute approximate surface area is 84.1 Å². The van der Waals surface area contributed by atoms with Crippen molar-refractivity contribution in [2.45, 2.75) is 12.8 Å². The molecule has 0 rings (SSSR count). The van der Waals surface area contributed by atoms with Crippen molar-refractivity contribution < 1.29 is 24.2 Å². The van der Waals surface area contributed by atoms with Gasteiger partial charge in [0.15, 0.2) is 0 Å². The lowest BCUT2D eigenvalue weighted by atomic mass is 10.3. The van der Waals surface area contributed by atoms with Crippen molar-refractivity contribution in [1.29, 1.82) is 0 Å². The Hall–Kier alpha value is 0.0300. The van der Waals surface area contributed by atoms with Crippen LogP contribution >= 0.6 is 8.25 Å². The van der Waals surface area contributed by atoms with E-state index in [0.29, 0.717) is 25.9 Å². The van der Waals surface area contributed by atoms with E-state index in [1.807, 2.05) is 0 Å². The molecule has 0 aromatic heterocycles. The van der Waals surface area contributed by atoms with Gasteiger partial charge in [0.1, 0.15) is 6.73 Å². The van der Waals surface area contributed by atoms with Gasteiger partial charge in [0.05, 0.1) is 0 Å². The first-order chi connectivity index (χ1) is 6.70. The third-order valence-electron chi connectivity index (χ3n) is 1.64. The maximum Gasteiger partial charge on any atom is 0.317 e. The Morgan fingerprint density at radius 1 is 1.14 bits per heavy atom. The minimum Gasteiger partial charge on any atom is -0.396 e. The molecule has 6 nitrogen and oxygen atoms in total. The molecular weight excluding hydrogens is 209 g/mol. The predicted octanol–water partition coefficient (Wildman–Crippen LogP) is -0.591. The zero-order chi connectivity index (χ0) is 10.8. The molecule has 3 N–H and O–H groups in total. The second kappa shape index (κ2) is 9.58. The molecule has 1 unspecified atom stereocenters. The summed E-state index contributed by atoms with van der Waals surface area (Å²) < 4.78 is 14.9. The number of hydrogen-bond acceptors (Lipinski definition) is 5. The van der Waals surface area contributed by atoms with Crippen LogP contribution < -0.4 is 0 Å². The monoisotopic (exact) mass is 227 g/mol. The van der Waals surface area contributed by atoms with Crippen LogP contribution in [0.15, 0.2) is 0 Å². The second-order valence-corrected chi connectivity index (χ2v) is 3.63. The van der Waals surface area contributed by atoms with Gasteiger partial charge < -0.3 is 15.1 Å². The van der Waals surface area contributed by atoms with Crippen LogP contribution in [0.1, 0.15) is 12.8 Å². The molecule has 0 heterocycles. The molecule has 0 aromatic rings. The number of rotatable bonds is 9. The summed E-state index contributed by atoms with van der Waals surface area (Å²) in [7, 11) is -2.90. The summed E-state index contributed by atoms with van der Waals surface area (Å²) in [6, 6.07) is 0. The van der Waals surface area contributed by atoms with E-state index in [4.69, 9.17) is 15.1 Å². The van der Waals surface area contributed by atoms with Gasteiger partial charge in [-0.25, -0.2) is 0 Å². The molecule has 0 aliphatic heterocycles. The van der Waals surface area contributed by atoms with Gasteiger partial charge >= 0.3 is 8.25 Å². The predicted molar refractivity (Wildman–Crippen MR) is 52.2 cm³/mol. The molecule has 0 aliphatic carbocycles. The summed E-state index contributed by atoms with van der Waals surface area (Å²) in [6.07, 6.45) is 1.17. The summed E-state index contributed by atoms with van der Waals surface area (Å²) in [5.74, 6) is 0. The van der Waals surface area contributed by atoms with E-state index in [9.17, 15) is 4.57 Å². The lowest BCUT2D eigenvalue weighted by Crippen LogP contribution is -2.28. The largest absolute Gasteiger partial charge is 0.396 e. The highest BCUT2D eigenvalue weighted by Crippen LogP contribution is 2.14. The first-order valence-electron chi connectivity index (χ1n) is 4.50. The Bertz CT molecular complexity index is 149. The Morgan fingerprint density at radius 2 is 1.64 bits per heavy atom. The van der Waals surface area contributed by atoms with Crippen LogP contribution in [0.25, 0.3) is 0 Å². The zero-order valence-corrected chi connectivity index (χ0v) is 9.06. The van der Waals surface area contributed by atoms with Crippen LogP contribution in [-0.4, -0.2) is 53.0 Å². The van der Waals surface area contributed by atoms with Crippen LogP contribution in [0.2, 0.25) is 0 Å². The second-order valence-electron chi connectivity index (χ2n) is 2.81. The summed E-state index contributed by atoms with van der Waals surface area (Å²) >= 11 is 0. The number of aliphatic hydroxyl groups is 2. The van der Waals surface area contributed by atoms with Crippen molar-refractivity contribution in [3.63, 3.8) is 0 Å². The Morgan fingerprint density at radius 3 is 2.00 bits per heavy atom. The van der Waals surface area contributed by atoms with Gasteiger partial charge in [0.2, 0.25) is 0 Å². The molecule has 0 radical (unpaired) electrons. The van der Waals surface area contributed by atoms with Gasteiger partial charge in [-0.2, -0.15) is 0 Å². The molecule has 0 aliphatic rings. The van der Waals surface area contributed by atoms with Crippen LogP contribution in [0.5, 0.6) is 0 Å². The summed E-state index contributed by atoms with van der Waals surface area (Å²) in [6.45, 7) is 1.39. The average Bonchev–Trinajstić information content (AvgIpc) is 2.16. The fourth-order valence-electron chi connectivity index (χ4n) is 0.976. The van der Waals surface area contributed by atoms with E-state index in [-0.39, 0.29) is 19.9 Å². The number of hydrogen-bond donors (Lipinski definition) is 3. The molecule has 0 fully saturated rings. The van der Waals surface area contributed by atoms with E-state index >= 15 is 0 Å². The van der Waals surface area contributed by atoms with E-state index in [0.717, 1.165) is 0 Å². The molecule has 0 saturated carbocycles. The van der Waals surface area contributed by atoms with Crippen LogP contribution in [-0.2, 0) is 9.09 Å². The molecule has 1 atom stereocenters. The summed E-state index contributed by atoms with van der Waals surface area (Å²) in [5.41, 5.74) is 0. The van der Waals surface area contributed by atoms with Crippen molar-refractivity contribution >= 4 is 8.25 Å². The van der Waals surface area contributed by atoms with Gasteiger partial charge in [0, 0.05) is 26.3 Å². The van der Waals surface area contributed by atoms with Gasteiger partial charge in [-0.1, -0.05) is 0 Å². The van der Waals surface area contributed by atoms with Crippen molar-refractivity contribution in [2.75, 3.05) is 33.0 Å². The standard InChI is InChI=1S/C7H18NO5P/c9-5-1-3-8(4-2-6-10)7-13-14(11)12/h9-10,14H,1-7H2,(H,11,12). The van der Waals surface area contributed by atoms with Gasteiger partial charge in [-0.15, -0.1) is 0 Å². The third-order valence-corrected chi connectivity index (χ3v) is 2.01. The van der Waals surface area contributed by atoms with Crippen molar-refractivity contribution in [2.24, 2.45) is 0 Å². The average molecular weight is 227 g/mol. The number of nitrogens with zero attached hydrogens (tertiary/aromatic N) is 1. The molecule has 0 aromatic carbocycles. The van der Waals surface area contributed by atoms with E-state index < -0.39 is 8.25 Å². The smallest absolute Gasteiger partial charge is 0.317 e. The maximum absolute atomic E-state index is 10.3. The van der Waals surface area contributed by atoms with Gasteiger partial charge in [-0.05, 0) is 12.8 Å². The van der Waals surface area contributed by atoms with E-state index in [2.05, 4.69) is 4.52 Å². The lowest BCUT2D eigenvalue weighted by molar-refractivity contribution is 0.105. The topological polar surface area (TPSA) is 90.2 Å². The van der Waals surface area contributed by atoms with Crippen molar-refractivity contribution in [1.82, 2.24) is 4.90 Å². The Kier molecular flexibility index (Phi) is 9.60. The molecule has 0 amide bonds. The fraction of sp³-hybridized carbons (Fsp3) is 1.00. The highest BCUT2D eigenvalue weighted by Gasteiger charge is 2.05. The minimum atomic E-state index is -2.90. The molecular formula is C7H18NO5P. The quantitative estimate of drug-likeness (QED) is 0.360. The zero-order valence-electron chi connectivity index (χ0n) is 8.06. The van der Waals surface area contributed by atoms with Crippen molar-refractivity contribution in [3.05, 3.63) is 0 Å². The van der Waals surface area contributed by atoms with Gasteiger partial charge in [-0.3, -0.25) is 14.0 Å². The van der Waals surface area contributed by atoms with Gasteiger partial charge in [0.25, 0.3) is 0 Å². The molecule has 0 saturated heterocycles. The minimum absolute atomic E-state index is 0.0638. The van der Waals surface area contributed by atoms with Crippen LogP contribution in [0.4, 0.5) is 0 Å². The van der Waals surface area contributed by atoms with Crippen LogP contribution in [0, 0.1) is 0 Å². The maximum atomic E-state index is 10.3. The van der Waals surface area contributed by atoms with E-state index in [1.54, 1.807) is 4.90 Å². The highest BCUT2D eigenvalue weighted by atomic mass is 31.1. The SMILES string of the molecule is O=[PH](O)OCN(CCCO)CCCO. The molecule has 14 heavy (non-hydrogen) atoms. The highest BCUT2D eigenvalue weighted by molar-refractivity contribution is 7.32. The molecule has 86 valence electrons. The van der Waals surface area contributed by atoms with Crippen LogP contribution in [0.3, 0.4) is 0 Å². The normalized spacial score (nSPS) is 13.4.